The minimum atomic E-state index is -0.133. The van der Waals surface area contributed by atoms with Crippen molar-refractivity contribution in [3.8, 4) is 0 Å². The number of rotatable bonds is 6. The Morgan fingerprint density at radius 2 is 1.82 bits per heavy atom. The van der Waals surface area contributed by atoms with Crippen molar-refractivity contribution in [2.24, 2.45) is 5.92 Å². The molecule has 116 valence electrons. The van der Waals surface area contributed by atoms with Crippen LogP contribution in [-0.2, 0) is 6.54 Å². The molecule has 0 aliphatic carbocycles. The van der Waals surface area contributed by atoms with Gasteiger partial charge in [-0.15, -0.1) is 0 Å². The fraction of sp³-hybridized carbons (Fsp3) is 0.353. The molecule has 2 rings (SSSR count). The number of anilines is 1. The van der Waals surface area contributed by atoms with Gasteiger partial charge in [0.25, 0.3) is 5.91 Å². The Kier molecular flexibility index (Phi) is 5.47. The van der Waals surface area contributed by atoms with Crippen LogP contribution in [0.25, 0.3) is 0 Å². The topological polar surface area (TPSA) is 58.1 Å². The van der Waals surface area contributed by atoms with E-state index in [-0.39, 0.29) is 5.91 Å². The number of benzene rings is 1. The van der Waals surface area contributed by atoms with E-state index in [1.165, 1.54) is 5.56 Å². The molecule has 1 heterocycles. The third-order valence-electron chi connectivity index (χ3n) is 3.18. The first kappa shape index (κ1) is 15.9. The minimum Gasteiger partial charge on any atom is -0.352 e. The molecule has 5 nitrogen and oxygen atoms in total. The smallest absolute Gasteiger partial charge is 0.254 e. The van der Waals surface area contributed by atoms with Crippen LogP contribution in [0, 0.1) is 5.92 Å². The summed E-state index contributed by atoms with van der Waals surface area (Å²) in [6.45, 7) is 5.48. The quantitative estimate of drug-likeness (QED) is 0.890. The highest BCUT2D eigenvalue weighted by molar-refractivity contribution is 5.93. The molecule has 1 N–H and O–H groups in total. The van der Waals surface area contributed by atoms with Crippen LogP contribution < -0.4 is 10.2 Å². The molecular formula is C17H22N4O. The molecular weight excluding hydrogens is 276 g/mol. The molecule has 5 heteroatoms. The van der Waals surface area contributed by atoms with E-state index >= 15 is 0 Å². The van der Waals surface area contributed by atoms with E-state index < -0.39 is 0 Å². The van der Waals surface area contributed by atoms with Gasteiger partial charge in [-0.05, 0) is 11.5 Å². The second kappa shape index (κ2) is 7.54. The highest BCUT2D eigenvalue weighted by Gasteiger charge is 2.09. The second-order valence-corrected chi connectivity index (χ2v) is 5.72. The Labute approximate surface area is 131 Å². The van der Waals surface area contributed by atoms with Crippen molar-refractivity contribution in [1.82, 2.24) is 15.3 Å². The highest BCUT2D eigenvalue weighted by Crippen LogP contribution is 2.10. The third-order valence-corrected chi connectivity index (χ3v) is 3.18. The van der Waals surface area contributed by atoms with Crippen LogP contribution >= 0.6 is 0 Å². The van der Waals surface area contributed by atoms with Gasteiger partial charge in [0.1, 0.15) is 0 Å². The maximum Gasteiger partial charge on any atom is 0.254 e. The van der Waals surface area contributed by atoms with Gasteiger partial charge in [0.2, 0.25) is 5.95 Å². The molecule has 1 aromatic carbocycles. The Hall–Kier alpha value is -2.43. The van der Waals surface area contributed by atoms with Gasteiger partial charge >= 0.3 is 0 Å². The summed E-state index contributed by atoms with van der Waals surface area (Å²) >= 11 is 0. The maximum absolute atomic E-state index is 11.9. The zero-order chi connectivity index (χ0) is 15.9. The van der Waals surface area contributed by atoms with E-state index in [9.17, 15) is 4.79 Å². The van der Waals surface area contributed by atoms with Crippen molar-refractivity contribution in [3.63, 3.8) is 0 Å². The molecule has 0 saturated heterocycles. The van der Waals surface area contributed by atoms with Crippen LogP contribution in [0.5, 0.6) is 0 Å². The van der Waals surface area contributed by atoms with Crippen molar-refractivity contribution in [2.75, 3.05) is 18.5 Å². The van der Waals surface area contributed by atoms with E-state index in [0.717, 1.165) is 6.54 Å². The Morgan fingerprint density at radius 1 is 1.18 bits per heavy atom. The fourth-order valence-electron chi connectivity index (χ4n) is 1.96. The van der Waals surface area contributed by atoms with Crippen LogP contribution in [0.2, 0.25) is 0 Å². The highest BCUT2D eigenvalue weighted by atomic mass is 16.1. The van der Waals surface area contributed by atoms with Crippen molar-refractivity contribution < 1.29 is 4.79 Å². The zero-order valence-electron chi connectivity index (χ0n) is 13.3. The number of amides is 1. The van der Waals surface area contributed by atoms with E-state index in [4.69, 9.17) is 0 Å². The van der Waals surface area contributed by atoms with Gasteiger partial charge in [-0.25, -0.2) is 9.97 Å². The number of hydrogen-bond acceptors (Lipinski definition) is 4. The maximum atomic E-state index is 11.9. The number of nitrogens with zero attached hydrogens (tertiary/aromatic N) is 3. The summed E-state index contributed by atoms with van der Waals surface area (Å²) in [5.74, 6) is 0.886. The summed E-state index contributed by atoms with van der Waals surface area (Å²) in [6, 6.07) is 10.1. The summed E-state index contributed by atoms with van der Waals surface area (Å²) in [5, 5.41) is 2.85. The first-order valence-electron chi connectivity index (χ1n) is 7.41. The second-order valence-electron chi connectivity index (χ2n) is 5.72. The summed E-state index contributed by atoms with van der Waals surface area (Å²) < 4.78 is 0. The third kappa shape index (κ3) is 4.55. The minimum absolute atomic E-state index is 0.133. The monoisotopic (exact) mass is 298 g/mol. The van der Waals surface area contributed by atoms with Gasteiger partial charge in [0.05, 0.1) is 5.56 Å². The SMILES string of the molecule is CC(C)CNC(=O)c1cnc(N(C)Cc2ccccc2)nc1. The molecule has 1 aromatic heterocycles. The van der Waals surface area contributed by atoms with Crippen molar-refractivity contribution >= 4 is 11.9 Å². The zero-order valence-corrected chi connectivity index (χ0v) is 13.3. The molecule has 22 heavy (non-hydrogen) atoms. The van der Waals surface area contributed by atoms with E-state index in [1.807, 2.05) is 30.1 Å². The number of hydrogen-bond donors (Lipinski definition) is 1. The molecule has 0 radical (unpaired) electrons. The first-order valence-corrected chi connectivity index (χ1v) is 7.41. The molecule has 0 unspecified atom stereocenters. The lowest BCUT2D eigenvalue weighted by molar-refractivity contribution is 0.0948. The lowest BCUT2D eigenvalue weighted by atomic mass is 10.2. The Bertz CT molecular complexity index is 596. The van der Waals surface area contributed by atoms with Crippen LogP contribution in [0.4, 0.5) is 5.95 Å². The molecule has 0 aliphatic heterocycles. The van der Waals surface area contributed by atoms with Crippen molar-refractivity contribution in [2.45, 2.75) is 20.4 Å². The number of carbonyl (C=O) groups is 1. The molecule has 0 bridgehead atoms. The number of aromatic nitrogens is 2. The standard InChI is InChI=1S/C17H22N4O/c1-13(2)9-18-16(22)15-10-19-17(20-11-15)21(3)12-14-7-5-4-6-8-14/h4-8,10-11,13H,9,12H2,1-3H3,(H,18,22). The summed E-state index contributed by atoms with van der Waals surface area (Å²) in [4.78, 5) is 22.4. The van der Waals surface area contributed by atoms with Gasteiger partial charge in [0.15, 0.2) is 0 Å². The number of nitrogens with one attached hydrogen (secondary N) is 1. The molecule has 0 aliphatic rings. The number of carbonyl (C=O) groups excluding carboxylic acids is 1. The predicted octanol–water partition coefficient (Wildman–Crippen LogP) is 2.50. The van der Waals surface area contributed by atoms with Gasteiger partial charge in [0, 0.05) is 32.5 Å². The first-order chi connectivity index (χ1) is 10.6. The average Bonchev–Trinajstić information content (AvgIpc) is 2.53. The van der Waals surface area contributed by atoms with Crippen LogP contribution in [-0.4, -0.2) is 29.5 Å². The lowest BCUT2D eigenvalue weighted by Crippen LogP contribution is -2.28. The van der Waals surface area contributed by atoms with Gasteiger partial charge in [-0.3, -0.25) is 4.79 Å². The summed E-state index contributed by atoms with van der Waals surface area (Å²) in [7, 11) is 1.93. The van der Waals surface area contributed by atoms with Crippen molar-refractivity contribution in [3.05, 3.63) is 53.9 Å². The summed E-state index contributed by atoms with van der Waals surface area (Å²) in [5.41, 5.74) is 1.67. The molecule has 0 atom stereocenters. The molecule has 0 saturated carbocycles. The molecule has 0 spiro atoms. The largest absolute Gasteiger partial charge is 0.352 e. The Morgan fingerprint density at radius 3 is 2.41 bits per heavy atom. The van der Waals surface area contributed by atoms with E-state index in [2.05, 4.69) is 41.3 Å². The van der Waals surface area contributed by atoms with E-state index in [1.54, 1.807) is 12.4 Å². The molecule has 1 amide bonds. The van der Waals surface area contributed by atoms with Crippen LogP contribution in [0.1, 0.15) is 29.8 Å². The molecule has 2 aromatic rings. The van der Waals surface area contributed by atoms with Crippen LogP contribution in [0.15, 0.2) is 42.7 Å². The Balaban J connectivity index is 1.97. The van der Waals surface area contributed by atoms with Gasteiger partial charge in [-0.1, -0.05) is 44.2 Å². The fourth-order valence-corrected chi connectivity index (χ4v) is 1.96. The van der Waals surface area contributed by atoms with Crippen LogP contribution in [0.3, 0.4) is 0 Å². The van der Waals surface area contributed by atoms with Gasteiger partial charge in [-0.2, -0.15) is 0 Å². The lowest BCUT2D eigenvalue weighted by Gasteiger charge is -2.17. The normalized spacial score (nSPS) is 10.5. The molecule has 0 fully saturated rings. The van der Waals surface area contributed by atoms with E-state index in [0.29, 0.717) is 24.0 Å². The summed E-state index contributed by atoms with van der Waals surface area (Å²) in [6.07, 6.45) is 3.14. The van der Waals surface area contributed by atoms with Crippen molar-refractivity contribution in [1.29, 1.82) is 0 Å². The predicted molar refractivity (Wildman–Crippen MR) is 87.8 cm³/mol. The van der Waals surface area contributed by atoms with Gasteiger partial charge < -0.3 is 10.2 Å². The average molecular weight is 298 g/mol.